The molecule has 1 aromatic heterocycles. The van der Waals surface area contributed by atoms with Crippen molar-refractivity contribution < 1.29 is 13.2 Å². The second kappa shape index (κ2) is 6.19. The van der Waals surface area contributed by atoms with Crippen molar-refractivity contribution in [1.29, 1.82) is 0 Å². The largest absolute Gasteiger partial charge is 0.302 e. The SMILES string of the molecule is CCS(=O)(=O)N1CCC(C(=O)Nc2ncc(C)s2)CC1. The molecular formula is C12H19N3O3S2. The molecule has 6 nitrogen and oxygen atoms in total. The molecule has 0 radical (unpaired) electrons. The fourth-order valence-corrected chi connectivity index (χ4v) is 4.00. The number of hydrogen-bond donors (Lipinski definition) is 1. The number of sulfonamides is 1. The highest BCUT2D eigenvalue weighted by Gasteiger charge is 2.30. The lowest BCUT2D eigenvalue weighted by Gasteiger charge is -2.30. The van der Waals surface area contributed by atoms with E-state index in [2.05, 4.69) is 10.3 Å². The fourth-order valence-electron chi connectivity index (χ4n) is 2.20. The predicted octanol–water partition coefficient (Wildman–Crippen LogP) is 1.45. The molecule has 0 atom stereocenters. The van der Waals surface area contributed by atoms with Crippen LogP contribution in [0.3, 0.4) is 0 Å². The summed E-state index contributed by atoms with van der Waals surface area (Å²) in [6.07, 6.45) is 2.85. The van der Waals surface area contributed by atoms with E-state index in [-0.39, 0.29) is 17.6 Å². The van der Waals surface area contributed by atoms with Crippen LogP contribution in [0.5, 0.6) is 0 Å². The average Bonchev–Trinajstić information content (AvgIpc) is 2.84. The normalized spacial score (nSPS) is 18.1. The van der Waals surface area contributed by atoms with Crippen LogP contribution in [-0.4, -0.2) is 42.5 Å². The Balaban J connectivity index is 1.89. The van der Waals surface area contributed by atoms with E-state index in [9.17, 15) is 13.2 Å². The molecule has 0 saturated carbocycles. The molecule has 1 amide bonds. The van der Waals surface area contributed by atoms with E-state index in [4.69, 9.17) is 0 Å². The van der Waals surface area contributed by atoms with Gasteiger partial charge in [-0.05, 0) is 26.7 Å². The Morgan fingerprint density at radius 2 is 2.15 bits per heavy atom. The second-order valence-electron chi connectivity index (χ2n) is 4.84. The molecule has 1 N–H and O–H groups in total. The number of anilines is 1. The number of amides is 1. The van der Waals surface area contributed by atoms with Crippen LogP contribution >= 0.6 is 11.3 Å². The van der Waals surface area contributed by atoms with Crippen LogP contribution in [0.15, 0.2) is 6.20 Å². The molecule has 2 heterocycles. The van der Waals surface area contributed by atoms with Crippen molar-refractivity contribution in [1.82, 2.24) is 9.29 Å². The zero-order chi connectivity index (χ0) is 14.8. The molecule has 0 unspecified atom stereocenters. The Bertz CT molecular complexity index is 575. The van der Waals surface area contributed by atoms with Gasteiger partial charge < -0.3 is 5.32 Å². The minimum absolute atomic E-state index is 0.0621. The minimum atomic E-state index is -3.13. The van der Waals surface area contributed by atoms with Gasteiger partial charge >= 0.3 is 0 Å². The van der Waals surface area contributed by atoms with Crippen LogP contribution in [0.1, 0.15) is 24.6 Å². The number of nitrogens with one attached hydrogen (secondary N) is 1. The van der Waals surface area contributed by atoms with Crippen LogP contribution in [0, 0.1) is 12.8 Å². The summed E-state index contributed by atoms with van der Waals surface area (Å²) in [5, 5.41) is 3.41. The monoisotopic (exact) mass is 317 g/mol. The fraction of sp³-hybridized carbons (Fsp3) is 0.667. The maximum Gasteiger partial charge on any atom is 0.229 e. The van der Waals surface area contributed by atoms with E-state index < -0.39 is 10.0 Å². The van der Waals surface area contributed by atoms with Crippen LogP contribution < -0.4 is 5.32 Å². The van der Waals surface area contributed by atoms with Gasteiger partial charge in [-0.1, -0.05) is 0 Å². The molecule has 1 fully saturated rings. The zero-order valence-corrected chi connectivity index (χ0v) is 13.3. The third kappa shape index (κ3) is 3.56. The van der Waals surface area contributed by atoms with Crippen molar-refractivity contribution in [3.05, 3.63) is 11.1 Å². The maximum absolute atomic E-state index is 12.1. The average molecular weight is 317 g/mol. The lowest BCUT2D eigenvalue weighted by molar-refractivity contribution is -0.120. The van der Waals surface area contributed by atoms with Gasteiger partial charge in [0.05, 0.1) is 5.75 Å². The van der Waals surface area contributed by atoms with Gasteiger partial charge in [0.15, 0.2) is 5.13 Å². The van der Waals surface area contributed by atoms with E-state index >= 15 is 0 Å². The molecule has 8 heteroatoms. The van der Waals surface area contributed by atoms with Crippen molar-refractivity contribution >= 4 is 32.4 Å². The van der Waals surface area contributed by atoms with Gasteiger partial charge in [0.2, 0.25) is 15.9 Å². The molecule has 112 valence electrons. The summed E-state index contributed by atoms with van der Waals surface area (Å²) < 4.78 is 25.0. The van der Waals surface area contributed by atoms with E-state index in [1.54, 1.807) is 13.1 Å². The highest BCUT2D eigenvalue weighted by Crippen LogP contribution is 2.23. The smallest absolute Gasteiger partial charge is 0.229 e. The molecule has 1 aromatic rings. The van der Waals surface area contributed by atoms with Crippen LogP contribution in [-0.2, 0) is 14.8 Å². The number of aromatic nitrogens is 1. The lowest BCUT2D eigenvalue weighted by Crippen LogP contribution is -2.42. The van der Waals surface area contributed by atoms with Gasteiger partial charge in [0.25, 0.3) is 0 Å². The van der Waals surface area contributed by atoms with Gasteiger partial charge in [-0.2, -0.15) is 0 Å². The molecule has 0 aliphatic carbocycles. The number of carbonyl (C=O) groups excluding carboxylic acids is 1. The molecule has 0 spiro atoms. The lowest BCUT2D eigenvalue weighted by atomic mass is 9.97. The summed E-state index contributed by atoms with van der Waals surface area (Å²) in [5.74, 6) is -0.0853. The van der Waals surface area contributed by atoms with Gasteiger partial charge in [0.1, 0.15) is 0 Å². The van der Waals surface area contributed by atoms with Crippen molar-refractivity contribution in [2.75, 3.05) is 24.2 Å². The van der Waals surface area contributed by atoms with E-state index in [1.165, 1.54) is 15.6 Å². The maximum atomic E-state index is 12.1. The first-order chi connectivity index (χ1) is 9.42. The van der Waals surface area contributed by atoms with Gasteiger partial charge in [-0.3, -0.25) is 4.79 Å². The molecule has 1 aliphatic heterocycles. The highest BCUT2D eigenvalue weighted by atomic mass is 32.2. The Morgan fingerprint density at radius 1 is 1.50 bits per heavy atom. The molecule has 2 rings (SSSR count). The standard InChI is InChI=1S/C12H19N3O3S2/c1-3-20(17,18)15-6-4-10(5-7-15)11(16)14-12-13-8-9(2)19-12/h8,10H,3-7H2,1-2H3,(H,13,14,16). The summed E-state index contributed by atoms with van der Waals surface area (Å²) in [6.45, 7) is 4.41. The third-order valence-corrected chi connectivity index (χ3v) is 6.14. The summed E-state index contributed by atoms with van der Waals surface area (Å²) in [7, 11) is -3.13. The number of piperidine rings is 1. The van der Waals surface area contributed by atoms with E-state index in [0.29, 0.717) is 31.1 Å². The van der Waals surface area contributed by atoms with E-state index in [1.807, 2.05) is 6.92 Å². The zero-order valence-electron chi connectivity index (χ0n) is 11.6. The topological polar surface area (TPSA) is 79.4 Å². The summed E-state index contributed by atoms with van der Waals surface area (Å²) in [6, 6.07) is 0. The van der Waals surface area contributed by atoms with Gasteiger partial charge in [-0.15, -0.1) is 11.3 Å². The minimum Gasteiger partial charge on any atom is -0.302 e. The van der Waals surface area contributed by atoms with Gasteiger partial charge in [0, 0.05) is 30.1 Å². The van der Waals surface area contributed by atoms with Crippen LogP contribution in [0.4, 0.5) is 5.13 Å². The summed E-state index contributed by atoms with van der Waals surface area (Å²) in [4.78, 5) is 17.2. The molecule has 0 bridgehead atoms. The van der Waals surface area contributed by atoms with Crippen molar-refractivity contribution in [2.45, 2.75) is 26.7 Å². The number of thiazole rings is 1. The molecule has 20 heavy (non-hydrogen) atoms. The summed E-state index contributed by atoms with van der Waals surface area (Å²) >= 11 is 1.44. The predicted molar refractivity (Wildman–Crippen MR) is 79.2 cm³/mol. The Labute approximate surface area is 123 Å². The number of aryl methyl sites for hydroxylation is 1. The second-order valence-corrected chi connectivity index (χ2v) is 8.33. The van der Waals surface area contributed by atoms with Crippen LogP contribution in [0.2, 0.25) is 0 Å². The van der Waals surface area contributed by atoms with E-state index in [0.717, 1.165) is 4.88 Å². The number of nitrogens with zero attached hydrogens (tertiary/aromatic N) is 2. The van der Waals surface area contributed by atoms with Gasteiger partial charge in [-0.25, -0.2) is 17.7 Å². The number of rotatable bonds is 4. The highest BCUT2D eigenvalue weighted by molar-refractivity contribution is 7.89. The number of hydrogen-bond acceptors (Lipinski definition) is 5. The summed E-state index contributed by atoms with van der Waals surface area (Å²) in [5.41, 5.74) is 0. The first kappa shape index (κ1) is 15.4. The molecule has 1 aliphatic rings. The van der Waals surface area contributed by atoms with Crippen molar-refractivity contribution in [3.8, 4) is 0 Å². The molecule has 0 aromatic carbocycles. The quantitative estimate of drug-likeness (QED) is 0.911. The Morgan fingerprint density at radius 3 is 2.65 bits per heavy atom. The van der Waals surface area contributed by atoms with Crippen LogP contribution in [0.25, 0.3) is 0 Å². The third-order valence-electron chi connectivity index (χ3n) is 3.43. The Kier molecular flexibility index (Phi) is 4.77. The molecular weight excluding hydrogens is 298 g/mol. The first-order valence-electron chi connectivity index (χ1n) is 6.63. The van der Waals surface area contributed by atoms with Crippen molar-refractivity contribution in [2.24, 2.45) is 5.92 Å². The number of carbonyl (C=O) groups is 1. The first-order valence-corrected chi connectivity index (χ1v) is 9.06. The van der Waals surface area contributed by atoms with Crippen molar-refractivity contribution in [3.63, 3.8) is 0 Å². The Hall–Kier alpha value is -0.990. The molecule has 1 saturated heterocycles.